The minimum absolute atomic E-state index is 0.142. The smallest absolute Gasteiger partial charge is 0.223 e. The number of methoxy groups -OCH3 is 1. The second-order valence-corrected chi connectivity index (χ2v) is 4.75. The molecule has 0 bridgehead atoms. The summed E-state index contributed by atoms with van der Waals surface area (Å²) in [4.78, 5) is 11.4. The summed E-state index contributed by atoms with van der Waals surface area (Å²) in [6.45, 7) is 2.04. The maximum absolute atomic E-state index is 11.4. The van der Waals surface area contributed by atoms with Gasteiger partial charge in [0.2, 0.25) is 5.91 Å². The number of hydrogen-bond acceptors (Lipinski definition) is 4. The molecule has 0 saturated heterocycles. The Labute approximate surface area is 113 Å². The molecule has 19 heavy (non-hydrogen) atoms. The zero-order chi connectivity index (χ0) is 13.7. The molecule has 0 unspecified atom stereocenters. The van der Waals surface area contributed by atoms with Crippen LogP contribution in [0.5, 0.6) is 11.5 Å². The molecule has 1 saturated carbocycles. The van der Waals surface area contributed by atoms with Crippen LogP contribution in [-0.2, 0) is 11.3 Å². The summed E-state index contributed by atoms with van der Waals surface area (Å²) in [6, 6.07) is 5.25. The van der Waals surface area contributed by atoms with Gasteiger partial charge >= 0.3 is 0 Å². The van der Waals surface area contributed by atoms with E-state index in [1.54, 1.807) is 12.1 Å². The second-order valence-electron chi connectivity index (χ2n) is 4.75. The molecule has 1 aliphatic carbocycles. The number of amides is 1. The monoisotopic (exact) mass is 264 g/mol. The van der Waals surface area contributed by atoms with Crippen LogP contribution in [0.1, 0.15) is 18.4 Å². The highest BCUT2D eigenvalue weighted by Crippen LogP contribution is 2.28. The Morgan fingerprint density at radius 1 is 1.42 bits per heavy atom. The summed E-state index contributed by atoms with van der Waals surface area (Å²) < 4.78 is 5.04. The number of benzene rings is 1. The van der Waals surface area contributed by atoms with Crippen molar-refractivity contribution in [2.45, 2.75) is 19.4 Å². The molecule has 0 aliphatic heterocycles. The molecule has 104 valence electrons. The molecule has 1 aromatic rings. The van der Waals surface area contributed by atoms with Crippen molar-refractivity contribution in [1.82, 2.24) is 10.6 Å². The molecule has 0 heterocycles. The van der Waals surface area contributed by atoms with E-state index in [4.69, 9.17) is 4.74 Å². The molecule has 5 nitrogen and oxygen atoms in total. The highest BCUT2D eigenvalue weighted by molar-refractivity contribution is 5.80. The quantitative estimate of drug-likeness (QED) is 0.643. The van der Waals surface area contributed by atoms with Crippen molar-refractivity contribution in [2.75, 3.05) is 20.2 Å². The van der Waals surface area contributed by atoms with Gasteiger partial charge in [0.25, 0.3) is 0 Å². The summed E-state index contributed by atoms with van der Waals surface area (Å²) in [6.07, 6.45) is 2.07. The SMILES string of the molecule is COc1cc(CNCCNC(=O)C2CC2)ccc1O. The minimum Gasteiger partial charge on any atom is -0.504 e. The Morgan fingerprint density at radius 3 is 2.89 bits per heavy atom. The molecule has 5 heteroatoms. The van der Waals surface area contributed by atoms with E-state index in [1.807, 2.05) is 6.07 Å². The van der Waals surface area contributed by atoms with E-state index in [9.17, 15) is 9.90 Å². The largest absolute Gasteiger partial charge is 0.504 e. The predicted octanol–water partition coefficient (Wildman–Crippen LogP) is 1.02. The van der Waals surface area contributed by atoms with Crippen molar-refractivity contribution >= 4 is 5.91 Å². The number of aromatic hydroxyl groups is 1. The van der Waals surface area contributed by atoms with Crippen LogP contribution >= 0.6 is 0 Å². The molecule has 0 radical (unpaired) electrons. The van der Waals surface area contributed by atoms with E-state index in [0.717, 1.165) is 24.9 Å². The molecule has 1 aliphatic rings. The van der Waals surface area contributed by atoms with Crippen LogP contribution in [0.15, 0.2) is 18.2 Å². The number of nitrogens with one attached hydrogen (secondary N) is 2. The van der Waals surface area contributed by atoms with Crippen LogP contribution in [-0.4, -0.2) is 31.2 Å². The molecular formula is C14H20N2O3. The Balaban J connectivity index is 1.66. The number of ether oxygens (including phenoxy) is 1. The summed E-state index contributed by atoms with van der Waals surface area (Å²) in [5.74, 6) is 1.05. The zero-order valence-corrected chi connectivity index (χ0v) is 11.1. The van der Waals surface area contributed by atoms with Crippen LogP contribution in [0.3, 0.4) is 0 Å². The van der Waals surface area contributed by atoms with Gasteiger partial charge in [-0.15, -0.1) is 0 Å². The van der Waals surface area contributed by atoms with Gasteiger partial charge in [-0.25, -0.2) is 0 Å². The third-order valence-electron chi connectivity index (χ3n) is 3.12. The lowest BCUT2D eigenvalue weighted by atomic mass is 10.2. The standard InChI is InChI=1S/C14H20N2O3/c1-19-13-8-10(2-5-12(13)17)9-15-6-7-16-14(18)11-3-4-11/h2,5,8,11,15,17H,3-4,6-7,9H2,1H3,(H,16,18). The molecule has 0 atom stereocenters. The fourth-order valence-electron chi connectivity index (χ4n) is 1.83. The van der Waals surface area contributed by atoms with Gasteiger partial charge in [-0.2, -0.15) is 0 Å². The molecule has 2 rings (SSSR count). The van der Waals surface area contributed by atoms with Crippen molar-refractivity contribution in [3.63, 3.8) is 0 Å². The van der Waals surface area contributed by atoms with Crippen LogP contribution in [0.4, 0.5) is 0 Å². The summed E-state index contributed by atoms with van der Waals surface area (Å²) >= 11 is 0. The number of rotatable bonds is 7. The van der Waals surface area contributed by atoms with Crippen molar-refractivity contribution in [1.29, 1.82) is 0 Å². The van der Waals surface area contributed by atoms with E-state index in [2.05, 4.69) is 10.6 Å². The minimum atomic E-state index is 0.142. The van der Waals surface area contributed by atoms with Crippen LogP contribution < -0.4 is 15.4 Å². The van der Waals surface area contributed by atoms with Gasteiger partial charge in [-0.3, -0.25) is 4.79 Å². The maximum Gasteiger partial charge on any atom is 0.223 e. The molecule has 1 aromatic carbocycles. The first-order chi connectivity index (χ1) is 9.20. The third kappa shape index (κ3) is 4.13. The normalized spacial score (nSPS) is 14.2. The molecule has 1 amide bonds. The number of phenolic OH excluding ortho intramolecular Hbond substituents is 1. The lowest BCUT2D eigenvalue weighted by Crippen LogP contribution is -2.32. The number of carbonyl (C=O) groups excluding carboxylic acids is 1. The van der Waals surface area contributed by atoms with Gasteiger partial charge in [-0.05, 0) is 30.5 Å². The number of phenols is 1. The van der Waals surface area contributed by atoms with Gasteiger partial charge in [0.1, 0.15) is 0 Å². The molecule has 1 fully saturated rings. The fraction of sp³-hybridized carbons (Fsp3) is 0.500. The van der Waals surface area contributed by atoms with Crippen LogP contribution in [0.25, 0.3) is 0 Å². The van der Waals surface area contributed by atoms with Gasteiger partial charge in [-0.1, -0.05) is 6.07 Å². The molecule has 0 aromatic heterocycles. The van der Waals surface area contributed by atoms with Gasteiger partial charge in [0.15, 0.2) is 11.5 Å². The maximum atomic E-state index is 11.4. The van der Waals surface area contributed by atoms with E-state index in [1.165, 1.54) is 7.11 Å². The Kier molecular flexibility index (Phi) is 4.63. The lowest BCUT2D eigenvalue weighted by Gasteiger charge is -2.08. The van der Waals surface area contributed by atoms with Gasteiger partial charge < -0.3 is 20.5 Å². The zero-order valence-electron chi connectivity index (χ0n) is 11.1. The number of carbonyl (C=O) groups is 1. The van der Waals surface area contributed by atoms with E-state index < -0.39 is 0 Å². The lowest BCUT2D eigenvalue weighted by molar-refractivity contribution is -0.122. The molecule has 3 N–H and O–H groups in total. The Hall–Kier alpha value is -1.75. The van der Waals surface area contributed by atoms with Crippen LogP contribution in [0, 0.1) is 5.92 Å². The van der Waals surface area contributed by atoms with E-state index in [-0.39, 0.29) is 17.6 Å². The summed E-state index contributed by atoms with van der Waals surface area (Å²) in [5.41, 5.74) is 1.03. The Bertz CT molecular complexity index is 444. The van der Waals surface area contributed by atoms with Gasteiger partial charge in [0, 0.05) is 25.6 Å². The van der Waals surface area contributed by atoms with Crippen LogP contribution in [0.2, 0.25) is 0 Å². The molecule has 0 spiro atoms. The highest BCUT2D eigenvalue weighted by atomic mass is 16.5. The first kappa shape index (κ1) is 13.7. The predicted molar refractivity (Wildman–Crippen MR) is 72.1 cm³/mol. The first-order valence-electron chi connectivity index (χ1n) is 6.55. The van der Waals surface area contributed by atoms with Crippen molar-refractivity contribution < 1.29 is 14.6 Å². The van der Waals surface area contributed by atoms with E-state index in [0.29, 0.717) is 18.8 Å². The van der Waals surface area contributed by atoms with Crippen molar-refractivity contribution in [3.8, 4) is 11.5 Å². The average molecular weight is 264 g/mol. The fourth-order valence-corrected chi connectivity index (χ4v) is 1.83. The summed E-state index contributed by atoms with van der Waals surface area (Å²) in [7, 11) is 1.53. The van der Waals surface area contributed by atoms with Crippen molar-refractivity contribution in [3.05, 3.63) is 23.8 Å². The van der Waals surface area contributed by atoms with Gasteiger partial charge in [0.05, 0.1) is 7.11 Å². The highest BCUT2D eigenvalue weighted by Gasteiger charge is 2.28. The number of hydrogen-bond donors (Lipinski definition) is 3. The Morgan fingerprint density at radius 2 is 2.21 bits per heavy atom. The third-order valence-corrected chi connectivity index (χ3v) is 3.12. The first-order valence-corrected chi connectivity index (χ1v) is 6.55. The summed E-state index contributed by atoms with van der Waals surface area (Å²) in [5, 5.41) is 15.6. The van der Waals surface area contributed by atoms with E-state index >= 15 is 0 Å². The van der Waals surface area contributed by atoms with Crippen molar-refractivity contribution in [2.24, 2.45) is 5.92 Å². The molecular weight excluding hydrogens is 244 g/mol. The second kappa shape index (κ2) is 6.43. The topological polar surface area (TPSA) is 70.6 Å². The average Bonchev–Trinajstić information content (AvgIpc) is 3.24.